The van der Waals surface area contributed by atoms with E-state index in [0.29, 0.717) is 0 Å². The monoisotopic (exact) mass is 320 g/mol. The van der Waals surface area contributed by atoms with Gasteiger partial charge in [-0.3, -0.25) is 0 Å². The highest BCUT2D eigenvalue weighted by atomic mass is 32.2. The summed E-state index contributed by atoms with van der Waals surface area (Å²) in [5.41, 5.74) is 2.38. The maximum atomic E-state index is 9.76. The van der Waals surface area contributed by atoms with Crippen LogP contribution in [0.1, 0.15) is 22.5 Å². The van der Waals surface area contributed by atoms with Crippen molar-refractivity contribution in [2.45, 2.75) is 16.2 Å². The maximum Gasteiger partial charge on any atom is 0.140 e. The van der Waals surface area contributed by atoms with Gasteiger partial charge in [-0.15, -0.1) is 11.8 Å². The van der Waals surface area contributed by atoms with Crippen LogP contribution in [0.25, 0.3) is 0 Å². The van der Waals surface area contributed by atoms with Gasteiger partial charge in [0.2, 0.25) is 0 Å². The molecule has 4 rings (SSSR count). The Balaban J connectivity index is 1.80. The van der Waals surface area contributed by atoms with Crippen LogP contribution in [0.2, 0.25) is 0 Å². The summed E-state index contributed by atoms with van der Waals surface area (Å²) in [6, 6.07) is 26.0. The van der Waals surface area contributed by atoms with Crippen molar-refractivity contribution in [3.8, 4) is 11.5 Å². The van der Waals surface area contributed by atoms with Gasteiger partial charge in [-0.1, -0.05) is 60.7 Å². The van der Waals surface area contributed by atoms with E-state index in [4.69, 9.17) is 4.74 Å². The van der Waals surface area contributed by atoms with Crippen LogP contribution in [0.5, 0.6) is 11.5 Å². The van der Waals surface area contributed by atoms with Crippen molar-refractivity contribution < 1.29 is 9.84 Å². The molecule has 0 fully saturated rings. The fourth-order valence-corrected chi connectivity index (χ4v) is 4.18. The molecule has 0 unspecified atom stereocenters. The van der Waals surface area contributed by atoms with E-state index < -0.39 is 0 Å². The second kappa shape index (κ2) is 6.01. The Bertz CT molecular complexity index is 802. The number of hydrogen-bond donors (Lipinski definition) is 1. The predicted octanol–water partition coefficient (Wildman–Crippen LogP) is 5.36. The quantitative estimate of drug-likeness (QED) is 0.689. The summed E-state index contributed by atoms with van der Waals surface area (Å²) in [6.07, 6.45) is -0.0550. The minimum absolute atomic E-state index is 0.0550. The van der Waals surface area contributed by atoms with Crippen LogP contribution < -0.4 is 4.74 Å². The number of hydrogen-bond acceptors (Lipinski definition) is 3. The smallest absolute Gasteiger partial charge is 0.140 e. The fraction of sp³-hybridized carbons (Fsp3) is 0.100. The van der Waals surface area contributed by atoms with Crippen molar-refractivity contribution in [2.24, 2.45) is 0 Å². The molecule has 1 aliphatic rings. The molecular weight excluding hydrogens is 304 g/mol. The Labute approximate surface area is 139 Å². The second-order valence-electron chi connectivity index (χ2n) is 5.53. The molecule has 3 heteroatoms. The summed E-state index contributed by atoms with van der Waals surface area (Å²) in [7, 11) is 0. The molecule has 0 aliphatic carbocycles. The standard InChI is InChI=1S/C20H16O2S/c21-16-11-12-17-18(13-16)23-20(15-9-5-2-6-10-15)19(22-17)14-7-3-1-4-8-14/h1-13,19-21H/t19-,20+/m0/s1. The molecule has 0 saturated carbocycles. The lowest BCUT2D eigenvalue weighted by Crippen LogP contribution is -2.19. The molecule has 1 N–H and O–H groups in total. The zero-order valence-corrected chi connectivity index (χ0v) is 13.2. The van der Waals surface area contributed by atoms with Gasteiger partial charge in [0.05, 0.1) is 10.1 Å². The average molecular weight is 320 g/mol. The minimum atomic E-state index is -0.0550. The Morgan fingerprint density at radius 2 is 1.43 bits per heavy atom. The van der Waals surface area contributed by atoms with Crippen molar-refractivity contribution in [1.82, 2.24) is 0 Å². The average Bonchev–Trinajstić information content (AvgIpc) is 2.62. The molecule has 0 amide bonds. The van der Waals surface area contributed by atoms with Gasteiger partial charge >= 0.3 is 0 Å². The predicted molar refractivity (Wildman–Crippen MR) is 93.0 cm³/mol. The first kappa shape index (κ1) is 14.2. The van der Waals surface area contributed by atoms with Gasteiger partial charge in [0.15, 0.2) is 0 Å². The largest absolute Gasteiger partial charge is 0.508 e. The van der Waals surface area contributed by atoms with Crippen LogP contribution in [0.4, 0.5) is 0 Å². The van der Waals surface area contributed by atoms with E-state index in [0.717, 1.165) is 16.2 Å². The highest BCUT2D eigenvalue weighted by molar-refractivity contribution is 7.99. The van der Waals surface area contributed by atoms with Crippen LogP contribution in [0, 0.1) is 0 Å². The zero-order valence-electron chi connectivity index (χ0n) is 12.4. The van der Waals surface area contributed by atoms with Crippen molar-refractivity contribution in [3.05, 3.63) is 90.0 Å². The SMILES string of the molecule is Oc1ccc2c(c1)S[C@H](c1ccccc1)[C@H](c1ccccc1)O2. The van der Waals surface area contributed by atoms with Crippen molar-refractivity contribution >= 4 is 11.8 Å². The van der Waals surface area contributed by atoms with E-state index in [2.05, 4.69) is 36.4 Å². The third-order valence-corrected chi connectivity index (χ3v) is 5.31. The zero-order chi connectivity index (χ0) is 15.6. The third kappa shape index (κ3) is 2.80. The first-order valence-electron chi connectivity index (χ1n) is 7.57. The molecule has 2 atom stereocenters. The molecule has 0 bridgehead atoms. The van der Waals surface area contributed by atoms with E-state index >= 15 is 0 Å². The molecule has 2 nitrogen and oxygen atoms in total. The van der Waals surface area contributed by atoms with Gasteiger partial charge in [0.1, 0.15) is 17.6 Å². The molecule has 3 aromatic rings. The Kier molecular flexibility index (Phi) is 3.72. The lowest BCUT2D eigenvalue weighted by molar-refractivity contribution is 0.190. The van der Waals surface area contributed by atoms with E-state index in [1.54, 1.807) is 23.9 Å². The summed E-state index contributed by atoms with van der Waals surface area (Å²) >= 11 is 1.74. The number of benzene rings is 3. The van der Waals surface area contributed by atoms with E-state index in [1.807, 2.05) is 30.3 Å². The Morgan fingerprint density at radius 3 is 2.13 bits per heavy atom. The number of ether oxygens (including phenoxy) is 1. The van der Waals surface area contributed by atoms with Crippen molar-refractivity contribution in [1.29, 1.82) is 0 Å². The van der Waals surface area contributed by atoms with Gasteiger partial charge < -0.3 is 9.84 Å². The van der Waals surface area contributed by atoms with Crippen LogP contribution in [-0.4, -0.2) is 5.11 Å². The number of phenols is 1. The number of thioether (sulfide) groups is 1. The molecule has 0 aromatic heterocycles. The number of rotatable bonds is 2. The molecule has 3 aromatic carbocycles. The lowest BCUT2D eigenvalue weighted by Gasteiger charge is -2.33. The fourth-order valence-electron chi connectivity index (χ4n) is 2.85. The van der Waals surface area contributed by atoms with Gasteiger partial charge in [-0.2, -0.15) is 0 Å². The number of aromatic hydroxyl groups is 1. The third-order valence-electron chi connectivity index (χ3n) is 3.97. The minimum Gasteiger partial charge on any atom is -0.508 e. The summed E-state index contributed by atoms with van der Waals surface area (Å²) < 4.78 is 6.31. The highest BCUT2D eigenvalue weighted by Crippen LogP contribution is 2.53. The first-order chi connectivity index (χ1) is 11.3. The summed E-state index contributed by atoms with van der Waals surface area (Å²) in [4.78, 5) is 0.978. The van der Waals surface area contributed by atoms with Crippen LogP contribution >= 0.6 is 11.8 Å². The molecule has 1 aliphatic heterocycles. The van der Waals surface area contributed by atoms with Gasteiger partial charge in [-0.05, 0) is 29.3 Å². The molecule has 0 radical (unpaired) electrons. The molecule has 114 valence electrons. The molecular formula is C20H16O2S. The van der Waals surface area contributed by atoms with Crippen LogP contribution in [-0.2, 0) is 0 Å². The van der Waals surface area contributed by atoms with Gasteiger partial charge in [0, 0.05) is 0 Å². The second-order valence-corrected chi connectivity index (χ2v) is 6.71. The topological polar surface area (TPSA) is 29.5 Å². The first-order valence-corrected chi connectivity index (χ1v) is 8.45. The van der Waals surface area contributed by atoms with Crippen LogP contribution in [0.3, 0.4) is 0 Å². The lowest BCUT2D eigenvalue weighted by atomic mass is 10.0. The number of fused-ring (bicyclic) bond motifs is 1. The normalized spacial score (nSPS) is 19.7. The van der Waals surface area contributed by atoms with E-state index in [9.17, 15) is 5.11 Å². The van der Waals surface area contributed by atoms with Gasteiger partial charge in [0.25, 0.3) is 0 Å². The maximum absolute atomic E-state index is 9.76. The molecule has 23 heavy (non-hydrogen) atoms. The molecule has 0 saturated heterocycles. The highest BCUT2D eigenvalue weighted by Gasteiger charge is 2.33. The Morgan fingerprint density at radius 1 is 0.783 bits per heavy atom. The summed E-state index contributed by atoms with van der Waals surface area (Å²) in [6.45, 7) is 0. The van der Waals surface area contributed by atoms with Crippen molar-refractivity contribution in [2.75, 3.05) is 0 Å². The number of phenolic OH excluding ortho intramolecular Hbond substituents is 1. The van der Waals surface area contributed by atoms with Crippen LogP contribution in [0.15, 0.2) is 83.8 Å². The van der Waals surface area contributed by atoms with Gasteiger partial charge in [-0.25, -0.2) is 0 Å². The summed E-state index contributed by atoms with van der Waals surface area (Å²) in [5.74, 6) is 1.10. The van der Waals surface area contributed by atoms with Crippen molar-refractivity contribution in [3.63, 3.8) is 0 Å². The Hall–Kier alpha value is -2.39. The van der Waals surface area contributed by atoms with E-state index in [-0.39, 0.29) is 17.1 Å². The molecule has 1 heterocycles. The van der Waals surface area contributed by atoms with E-state index in [1.165, 1.54) is 5.56 Å². The molecule has 0 spiro atoms. The summed E-state index contributed by atoms with van der Waals surface area (Å²) in [5, 5.41) is 9.91.